The lowest BCUT2D eigenvalue weighted by atomic mass is 9.65. The Morgan fingerprint density at radius 1 is 0.657 bits per heavy atom. The van der Waals surface area contributed by atoms with Crippen LogP contribution < -0.4 is 11.1 Å². The Morgan fingerprint density at radius 3 is 1.51 bits per heavy atom. The number of fused-ring (bicyclic) bond motifs is 4. The average molecular weight is 951 g/mol. The molecule has 0 spiro atoms. The standard InChI is InChI=1S/C27H28FN3O2.C25H26FN3O.C4H6O3/c1-18(32)30-24-6-4-3-5-19(24)11-13-27(33)14-12-21-15-25-20(16-26(21,27)2)17-29-31(25)23-9-7-22(28)8-10-23;1-24-15-18-16-28-29(21-8-6-20(26)7-9-21)23(18)14-19(24)11-13-25(24,30)12-10-17-4-2-3-5-22(17)27;1-3(5)7-4(2)6/h3-10,15,17,33H,11-14,16H2,1-2H3,(H,30,32);2-9,14,16,30H,10-13,15,27H2,1H3;1-2H3/t26-,27-;24-,25-;/m00./s1. The summed E-state index contributed by atoms with van der Waals surface area (Å²) in [5.41, 5.74) is 15.9. The molecule has 10 rings (SSSR count). The summed E-state index contributed by atoms with van der Waals surface area (Å²) in [5.74, 6) is -1.76. The minimum absolute atomic E-state index is 0.0998. The molecule has 2 heterocycles. The van der Waals surface area contributed by atoms with Crippen LogP contribution in [0.1, 0.15) is 107 Å². The Labute approximate surface area is 406 Å². The van der Waals surface area contributed by atoms with Gasteiger partial charge in [-0.2, -0.15) is 10.2 Å². The lowest BCUT2D eigenvalue weighted by molar-refractivity contribution is -0.156. The maximum Gasteiger partial charge on any atom is 0.310 e. The number of aliphatic hydroxyl groups is 2. The number of esters is 2. The van der Waals surface area contributed by atoms with E-state index in [0.29, 0.717) is 32.1 Å². The number of nitrogens with zero attached hydrogens (tertiary/aromatic N) is 4. The SMILES string of the molecule is CC(=O)Nc1ccccc1CC[C@]1(O)CCC2=Cc3c(cnn3-c3ccc(F)cc3)C[C@@]21C.CC(=O)OC(C)=O.C[C@]12Cc3cnn(-c4ccc(F)cc4)c3C=C1CC[C@@]2(O)CCc1ccccc1N. The predicted octanol–water partition coefficient (Wildman–Crippen LogP) is 9.87. The Bertz CT molecular complexity index is 2980. The molecule has 0 saturated heterocycles. The molecular formula is C56H60F2N6O6. The van der Waals surface area contributed by atoms with Gasteiger partial charge < -0.3 is 26.0 Å². The van der Waals surface area contributed by atoms with Crippen molar-refractivity contribution < 1.29 is 38.1 Å². The van der Waals surface area contributed by atoms with Crippen molar-refractivity contribution in [1.82, 2.24) is 19.6 Å². The van der Waals surface area contributed by atoms with Gasteiger partial charge in [0.2, 0.25) is 5.91 Å². The second-order valence-corrected chi connectivity index (χ2v) is 19.4. The summed E-state index contributed by atoms with van der Waals surface area (Å²) in [6.07, 6.45) is 15.4. The quantitative estimate of drug-likeness (QED) is 0.0625. The molecule has 2 saturated carbocycles. The fourth-order valence-electron chi connectivity index (χ4n) is 10.9. The van der Waals surface area contributed by atoms with Gasteiger partial charge in [0, 0.05) is 43.0 Å². The number of amides is 1. The molecule has 70 heavy (non-hydrogen) atoms. The van der Waals surface area contributed by atoms with Crippen molar-refractivity contribution >= 4 is 41.4 Å². The molecule has 4 aliphatic rings. The molecule has 14 heteroatoms. The molecule has 4 aliphatic carbocycles. The third-order valence-electron chi connectivity index (χ3n) is 15.0. The van der Waals surface area contributed by atoms with Crippen LogP contribution in [-0.2, 0) is 44.8 Å². The zero-order valence-electron chi connectivity index (χ0n) is 40.3. The van der Waals surface area contributed by atoms with E-state index >= 15 is 0 Å². The van der Waals surface area contributed by atoms with Crippen LogP contribution in [0.3, 0.4) is 0 Å². The number of aromatic nitrogens is 4. The first-order valence-electron chi connectivity index (χ1n) is 23.7. The normalized spacial score (nSPS) is 22.6. The lowest BCUT2D eigenvalue weighted by Crippen LogP contribution is -2.45. The van der Waals surface area contributed by atoms with Crippen LogP contribution in [0.2, 0.25) is 0 Å². The number of ether oxygens (including phenoxy) is 1. The summed E-state index contributed by atoms with van der Waals surface area (Å²) in [6, 6.07) is 28.4. The van der Waals surface area contributed by atoms with Crippen LogP contribution >= 0.6 is 0 Å². The molecule has 0 bridgehead atoms. The molecule has 12 nitrogen and oxygen atoms in total. The maximum atomic E-state index is 13.4. The number of anilines is 2. The van der Waals surface area contributed by atoms with Gasteiger partial charge in [0.25, 0.3) is 0 Å². The number of rotatable bonds is 9. The summed E-state index contributed by atoms with van der Waals surface area (Å²) in [6.45, 7) is 8.20. The van der Waals surface area contributed by atoms with Crippen molar-refractivity contribution in [3.05, 3.63) is 166 Å². The van der Waals surface area contributed by atoms with Crippen molar-refractivity contribution in [2.24, 2.45) is 10.8 Å². The second kappa shape index (κ2) is 19.8. The smallest absolute Gasteiger partial charge is 0.310 e. The van der Waals surface area contributed by atoms with E-state index in [1.807, 2.05) is 70.3 Å². The monoisotopic (exact) mass is 950 g/mol. The molecule has 0 aliphatic heterocycles. The summed E-state index contributed by atoms with van der Waals surface area (Å²) in [7, 11) is 0. The van der Waals surface area contributed by atoms with E-state index in [2.05, 4.69) is 46.3 Å². The second-order valence-electron chi connectivity index (χ2n) is 19.4. The average Bonchev–Trinajstić information content (AvgIpc) is 4.05. The number of benzene rings is 4. The van der Waals surface area contributed by atoms with Crippen LogP contribution in [0.25, 0.3) is 23.5 Å². The summed E-state index contributed by atoms with van der Waals surface area (Å²) < 4.78 is 34.4. The Hall–Kier alpha value is -7.03. The van der Waals surface area contributed by atoms with Gasteiger partial charge in [0.1, 0.15) is 11.6 Å². The summed E-state index contributed by atoms with van der Waals surface area (Å²) in [4.78, 5) is 31.2. The number of nitrogen functional groups attached to an aromatic ring is 1. The number of hydrogen-bond acceptors (Lipinski definition) is 9. The highest BCUT2D eigenvalue weighted by Gasteiger charge is 2.56. The Morgan fingerprint density at radius 2 is 1.09 bits per heavy atom. The number of halogens is 2. The van der Waals surface area contributed by atoms with E-state index in [9.17, 15) is 33.4 Å². The molecule has 364 valence electrons. The number of aryl methyl sites for hydroxylation is 2. The molecule has 2 aromatic heterocycles. The van der Waals surface area contributed by atoms with Crippen molar-refractivity contribution in [1.29, 1.82) is 0 Å². The van der Waals surface area contributed by atoms with Crippen molar-refractivity contribution in [3.8, 4) is 11.4 Å². The fraction of sp³-hybridized carbons (Fsp3) is 0.339. The largest absolute Gasteiger partial charge is 0.399 e. The first-order valence-corrected chi connectivity index (χ1v) is 23.7. The minimum Gasteiger partial charge on any atom is -0.399 e. The van der Waals surface area contributed by atoms with E-state index in [4.69, 9.17) is 5.73 Å². The number of para-hydroxylation sites is 2. The fourth-order valence-corrected chi connectivity index (χ4v) is 10.9. The molecule has 0 unspecified atom stereocenters. The van der Waals surface area contributed by atoms with E-state index < -0.39 is 23.1 Å². The molecule has 4 aromatic carbocycles. The molecule has 4 atom stereocenters. The van der Waals surface area contributed by atoms with Gasteiger partial charge in [-0.05, 0) is 159 Å². The zero-order chi connectivity index (χ0) is 50.0. The number of nitrogens with two attached hydrogens (primary N) is 1. The Kier molecular flexibility index (Phi) is 13.9. The van der Waals surface area contributed by atoms with E-state index in [1.54, 1.807) is 24.3 Å². The molecular weight excluding hydrogens is 891 g/mol. The van der Waals surface area contributed by atoms with E-state index in [-0.39, 0.29) is 28.4 Å². The molecule has 5 N–H and O–H groups in total. The van der Waals surface area contributed by atoms with Crippen LogP contribution in [0.4, 0.5) is 20.2 Å². The van der Waals surface area contributed by atoms with E-state index in [0.717, 1.165) is 88.5 Å². The van der Waals surface area contributed by atoms with Gasteiger partial charge in [0.15, 0.2) is 0 Å². The van der Waals surface area contributed by atoms with Crippen LogP contribution in [-0.4, -0.2) is 58.8 Å². The van der Waals surface area contributed by atoms with Gasteiger partial charge in [0.05, 0.1) is 46.4 Å². The highest BCUT2D eigenvalue weighted by atomic mass is 19.1. The van der Waals surface area contributed by atoms with Gasteiger partial charge in [-0.3, -0.25) is 14.4 Å². The van der Waals surface area contributed by atoms with Gasteiger partial charge in [-0.1, -0.05) is 61.4 Å². The van der Waals surface area contributed by atoms with Crippen LogP contribution in [0, 0.1) is 22.5 Å². The van der Waals surface area contributed by atoms with Crippen molar-refractivity contribution in [3.63, 3.8) is 0 Å². The third kappa shape index (κ3) is 9.88. The molecule has 0 radical (unpaired) electrons. The topological polar surface area (TPSA) is 175 Å². The summed E-state index contributed by atoms with van der Waals surface area (Å²) >= 11 is 0. The van der Waals surface area contributed by atoms with E-state index in [1.165, 1.54) is 56.2 Å². The Balaban J connectivity index is 0.000000166. The zero-order valence-corrected chi connectivity index (χ0v) is 40.3. The maximum absolute atomic E-state index is 13.4. The van der Waals surface area contributed by atoms with Crippen molar-refractivity contribution in [2.45, 2.75) is 110 Å². The number of carbonyl (C=O) groups is 3. The highest BCUT2D eigenvalue weighted by Crippen LogP contribution is 2.58. The van der Waals surface area contributed by atoms with Gasteiger partial charge in [-0.25, -0.2) is 18.1 Å². The summed E-state index contributed by atoms with van der Waals surface area (Å²) in [5, 5.41) is 35.6. The molecule has 6 aromatic rings. The molecule has 2 fully saturated rings. The van der Waals surface area contributed by atoms with Gasteiger partial charge >= 0.3 is 11.9 Å². The lowest BCUT2D eigenvalue weighted by Gasteiger charge is -2.42. The number of hydrogen-bond donors (Lipinski definition) is 4. The van der Waals surface area contributed by atoms with Gasteiger partial charge in [-0.15, -0.1) is 0 Å². The third-order valence-corrected chi connectivity index (χ3v) is 15.0. The first kappa shape index (κ1) is 49.4. The first-order chi connectivity index (χ1) is 33.3. The minimum atomic E-state index is -0.849. The van der Waals surface area contributed by atoms with Crippen molar-refractivity contribution in [2.75, 3.05) is 11.1 Å². The highest BCUT2D eigenvalue weighted by molar-refractivity contribution is 5.89. The predicted molar refractivity (Wildman–Crippen MR) is 266 cm³/mol. The van der Waals surface area contributed by atoms with Crippen LogP contribution in [0.5, 0.6) is 0 Å². The van der Waals surface area contributed by atoms with Crippen LogP contribution in [0.15, 0.2) is 121 Å². The number of nitrogens with one attached hydrogen (secondary N) is 1. The molecule has 1 amide bonds. The number of carbonyl (C=O) groups excluding carboxylic acids is 3.